The number of hydrogen-bond acceptors (Lipinski definition) is 4. The summed E-state index contributed by atoms with van der Waals surface area (Å²) in [5, 5.41) is 10.0. The fourth-order valence-corrected chi connectivity index (χ4v) is 1.29. The monoisotopic (exact) mass is 152 g/mol. The standard InChI is InChI=1S/C4H15B3N4/c1-5-8-6(2)10-7(9-5)11(3)4/h8-10H,1-4H3. The van der Waals surface area contributed by atoms with Crippen molar-refractivity contribution in [2.45, 2.75) is 13.6 Å². The first-order chi connectivity index (χ1) is 5.09. The zero-order chi connectivity index (χ0) is 8.43. The topological polar surface area (TPSA) is 39.3 Å². The van der Waals surface area contributed by atoms with Crippen molar-refractivity contribution in [3.05, 3.63) is 0 Å². The van der Waals surface area contributed by atoms with Crippen molar-refractivity contribution in [3.63, 3.8) is 0 Å². The van der Waals surface area contributed by atoms with Gasteiger partial charge in [-0.15, -0.1) is 0 Å². The number of nitrogens with zero attached hydrogens (tertiary/aromatic N) is 1. The zero-order valence-corrected chi connectivity index (χ0v) is 7.68. The predicted molar refractivity (Wildman–Crippen MR) is 52.1 cm³/mol. The van der Waals surface area contributed by atoms with Crippen LogP contribution in [-0.4, -0.2) is 40.0 Å². The Kier molecular flexibility index (Phi) is 3.01. The van der Waals surface area contributed by atoms with Crippen LogP contribution in [0.2, 0.25) is 13.6 Å². The average molecular weight is 152 g/mol. The Morgan fingerprint density at radius 1 is 0.909 bits per heavy atom. The molecule has 0 spiro atoms. The van der Waals surface area contributed by atoms with E-state index < -0.39 is 0 Å². The minimum Gasteiger partial charge on any atom is -0.372 e. The minimum atomic E-state index is 0.279. The average Bonchev–Trinajstić information content (AvgIpc) is 1.85. The van der Waals surface area contributed by atoms with Crippen LogP contribution in [0, 0.1) is 0 Å². The molecule has 7 heteroatoms. The molecule has 4 nitrogen and oxygen atoms in total. The maximum absolute atomic E-state index is 3.35. The molecule has 0 bridgehead atoms. The first-order valence-corrected chi connectivity index (χ1v) is 4.04. The SMILES string of the molecule is CB1NB(C)NB(N(C)C)N1. The molecule has 3 N–H and O–H groups in total. The highest BCUT2D eigenvalue weighted by molar-refractivity contribution is 6.85. The lowest BCUT2D eigenvalue weighted by atomic mass is 9.55. The molecule has 0 aromatic rings. The van der Waals surface area contributed by atoms with Crippen molar-refractivity contribution in [3.8, 4) is 0 Å². The summed E-state index contributed by atoms with van der Waals surface area (Å²) in [4.78, 5) is 2.12. The van der Waals surface area contributed by atoms with E-state index in [2.05, 4.69) is 48.0 Å². The van der Waals surface area contributed by atoms with Gasteiger partial charge in [-0.05, 0) is 14.1 Å². The van der Waals surface area contributed by atoms with Crippen LogP contribution < -0.4 is 15.4 Å². The number of nitrogens with one attached hydrogen (secondary N) is 3. The van der Waals surface area contributed by atoms with Crippen LogP contribution >= 0.6 is 0 Å². The molecular formula is C4H15B3N4. The third-order valence-electron chi connectivity index (χ3n) is 1.83. The Hall–Kier alpha value is 0.0348. The molecule has 1 aliphatic heterocycles. The van der Waals surface area contributed by atoms with Gasteiger partial charge in [-0.3, -0.25) is 0 Å². The molecule has 0 aliphatic carbocycles. The van der Waals surface area contributed by atoms with Gasteiger partial charge in [-0.1, -0.05) is 13.6 Å². The molecule has 1 saturated heterocycles. The Balaban J connectivity index is 2.43. The van der Waals surface area contributed by atoms with Gasteiger partial charge in [0.25, 0.3) is 14.0 Å². The van der Waals surface area contributed by atoms with E-state index in [1.165, 1.54) is 0 Å². The van der Waals surface area contributed by atoms with Crippen molar-refractivity contribution < 1.29 is 0 Å². The Morgan fingerprint density at radius 3 is 1.73 bits per heavy atom. The summed E-state index contributed by atoms with van der Waals surface area (Å²) in [6.45, 7) is 4.99. The van der Waals surface area contributed by atoms with Gasteiger partial charge in [0, 0.05) is 0 Å². The molecule has 0 radical (unpaired) electrons. The highest BCUT2D eigenvalue weighted by atomic mass is 15.2. The van der Waals surface area contributed by atoms with E-state index in [0.717, 1.165) is 0 Å². The van der Waals surface area contributed by atoms with Crippen LogP contribution in [0.5, 0.6) is 0 Å². The summed E-state index contributed by atoms with van der Waals surface area (Å²) in [6.07, 6.45) is 0. The fourth-order valence-electron chi connectivity index (χ4n) is 1.29. The summed E-state index contributed by atoms with van der Waals surface area (Å²) >= 11 is 0. The van der Waals surface area contributed by atoms with Gasteiger partial charge >= 0.3 is 7.12 Å². The minimum absolute atomic E-state index is 0.279. The summed E-state index contributed by atoms with van der Waals surface area (Å²) in [7, 11) is 4.38. The van der Waals surface area contributed by atoms with Crippen LogP contribution in [0.4, 0.5) is 0 Å². The van der Waals surface area contributed by atoms with Crippen LogP contribution in [0.3, 0.4) is 0 Å². The van der Waals surface area contributed by atoms with Crippen LogP contribution in [0.25, 0.3) is 0 Å². The van der Waals surface area contributed by atoms with E-state index in [9.17, 15) is 0 Å². The van der Waals surface area contributed by atoms with Crippen molar-refractivity contribution >= 4 is 21.1 Å². The second-order valence-electron chi connectivity index (χ2n) is 3.31. The molecule has 1 aliphatic rings. The molecular weight excluding hydrogens is 137 g/mol. The van der Waals surface area contributed by atoms with E-state index in [0.29, 0.717) is 14.0 Å². The second kappa shape index (κ2) is 3.62. The molecule has 0 atom stereocenters. The maximum atomic E-state index is 3.35. The van der Waals surface area contributed by atoms with E-state index in [1.54, 1.807) is 0 Å². The summed E-state index contributed by atoms with van der Waals surface area (Å²) in [5.74, 6) is 0. The normalized spacial score (nSPS) is 19.9. The van der Waals surface area contributed by atoms with Crippen LogP contribution in [-0.2, 0) is 0 Å². The molecule has 0 amide bonds. The fraction of sp³-hybridized carbons (Fsp3) is 1.00. The van der Waals surface area contributed by atoms with Crippen molar-refractivity contribution in [2.24, 2.45) is 0 Å². The molecule has 0 aromatic carbocycles. The van der Waals surface area contributed by atoms with Gasteiger partial charge in [-0.25, -0.2) is 0 Å². The lowest BCUT2D eigenvalue weighted by Gasteiger charge is -2.33. The maximum Gasteiger partial charge on any atom is 0.376 e. The first kappa shape index (κ1) is 9.13. The molecule has 0 aromatic heterocycles. The lowest BCUT2D eigenvalue weighted by Crippen LogP contribution is -2.76. The predicted octanol–water partition coefficient (Wildman–Crippen LogP) is -1.45. The van der Waals surface area contributed by atoms with Crippen molar-refractivity contribution in [1.82, 2.24) is 20.2 Å². The smallest absolute Gasteiger partial charge is 0.372 e. The Bertz CT molecular complexity index is 123. The molecule has 0 saturated carbocycles. The van der Waals surface area contributed by atoms with Crippen LogP contribution in [0.1, 0.15) is 0 Å². The Morgan fingerprint density at radius 2 is 1.36 bits per heavy atom. The van der Waals surface area contributed by atoms with E-state index in [4.69, 9.17) is 0 Å². The van der Waals surface area contributed by atoms with Gasteiger partial charge in [0.05, 0.1) is 0 Å². The second-order valence-corrected chi connectivity index (χ2v) is 3.31. The van der Waals surface area contributed by atoms with Gasteiger partial charge in [0.15, 0.2) is 0 Å². The highest BCUT2D eigenvalue weighted by Gasteiger charge is 2.31. The molecule has 0 unspecified atom stereocenters. The number of hydrogen-bond donors (Lipinski definition) is 3. The van der Waals surface area contributed by atoms with Gasteiger partial charge in [0.1, 0.15) is 0 Å². The highest BCUT2D eigenvalue weighted by Crippen LogP contribution is 1.87. The van der Waals surface area contributed by atoms with Crippen molar-refractivity contribution in [2.75, 3.05) is 14.1 Å². The number of rotatable bonds is 1. The van der Waals surface area contributed by atoms with E-state index in [-0.39, 0.29) is 7.12 Å². The zero-order valence-electron chi connectivity index (χ0n) is 7.68. The van der Waals surface area contributed by atoms with E-state index in [1.807, 2.05) is 0 Å². The summed E-state index contributed by atoms with van der Waals surface area (Å²) in [5.41, 5.74) is 0. The quantitative estimate of drug-likeness (QED) is 0.401. The molecule has 1 fully saturated rings. The van der Waals surface area contributed by atoms with Gasteiger partial charge < -0.3 is 20.2 Å². The third-order valence-corrected chi connectivity index (χ3v) is 1.83. The Labute approximate surface area is 69.9 Å². The largest absolute Gasteiger partial charge is 0.376 e. The third kappa shape index (κ3) is 2.52. The molecule has 1 rings (SSSR count). The lowest BCUT2D eigenvalue weighted by molar-refractivity contribution is 0.620. The van der Waals surface area contributed by atoms with E-state index >= 15 is 0 Å². The molecule has 1 heterocycles. The molecule has 60 valence electrons. The molecule has 11 heavy (non-hydrogen) atoms. The first-order valence-electron chi connectivity index (χ1n) is 4.04. The summed E-state index contributed by atoms with van der Waals surface area (Å²) < 4.78 is 0. The van der Waals surface area contributed by atoms with Gasteiger partial charge in [0.2, 0.25) is 0 Å². The van der Waals surface area contributed by atoms with Gasteiger partial charge in [-0.2, -0.15) is 0 Å². The van der Waals surface area contributed by atoms with Crippen molar-refractivity contribution in [1.29, 1.82) is 0 Å². The summed E-state index contributed by atoms with van der Waals surface area (Å²) in [6, 6.07) is 0. The van der Waals surface area contributed by atoms with Crippen LogP contribution in [0.15, 0.2) is 0 Å².